The molecule has 16 heavy (non-hydrogen) atoms. The molecule has 0 aromatic carbocycles. The molecule has 2 atom stereocenters. The fourth-order valence-corrected chi connectivity index (χ4v) is 1.40. The maximum atomic E-state index is 5.75. The van der Waals surface area contributed by atoms with Gasteiger partial charge in [-0.05, 0) is 39.6 Å². The number of hydrogen-bond donors (Lipinski definition) is 1. The number of aromatic nitrogens is 1. The lowest BCUT2D eigenvalue weighted by molar-refractivity contribution is 0.295. The molecule has 3 nitrogen and oxygen atoms in total. The van der Waals surface area contributed by atoms with E-state index in [1.807, 2.05) is 18.3 Å². The van der Waals surface area contributed by atoms with E-state index in [0.717, 1.165) is 12.1 Å². The first-order valence-electron chi connectivity index (χ1n) is 5.52. The monoisotopic (exact) mass is 241 g/mol. The molecular weight excluding hydrogens is 222 g/mol. The largest absolute Gasteiger partial charge is 0.309 e. The summed E-state index contributed by atoms with van der Waals surface area (Å²) < 4.78 is 0. The van der Waals surface area contributed by atoms with Gasteiger partial charge in [0.25, 0.3) is 0 Å². The van der Waals surface area contributed by atoms with Crippen molar-refractivity contribution < 1.29 is 0 Å². The van der Waals surface area contributed by atoms with Crippen LogP contribution in [0.5, 0.6) is 0 Å². The molecule has 0 amide bonds. The van der Waals surface area contributed by atoms with Crippen LogP contribution in [0.1, 0.15) is 25.5 Å². The minimum absolute atomic E-state index is 0.298. The predicted octanol–water partition coefficient (Wildman–Crippen LogP) is 2.34. The molecule has 1 rings (SSSR count). The SMILES string of the molecule is CC(NCC(C)N(C)C)c1ccc(Cl)nc1. The Morgan fingerprint density at radius 2 is 2.06 bits per heavy atom. The average molecular weight is 242 g/mol. The van der Waals surface area contributed by atoms with E-state index in [0.29, 0.717) is 17.2 Å². The van der Waals surface area contributed by atoms with Crippen LogP contribution in [0.2, 0.25) is 5.15 Å². The van der Waals surface area contributed by atoms with Gasteiger partial charge < -0.3 is 10.2 Å². The van der Waals surface area contributed by atoms with Crippen LogP contribution in [-0.4, -0.2) is 36.6 Å². The molecule has 1 aromatic heterocycles. The third kappa shape index (κ3) is 4.08. The maximum absolute atomic E-state index is 5.75. The van der Waals surface area contributed by atoms with Gasteiger partial charge in [-0.2, -0.15) is 0 Å². The molecule has 1 N–H and O–H groups in total. The zero-order chi connectivity index (χ0) is 12.1. The minimum Gasteiger partial charge on any atom is -0.309 e. The smallest absolute Gasteiger partial charge is 0.129 e. The third-order valence-electron chi connectivity index (χ3n) is 2.85. The van der Waals surface area contributed by atoms with Crippen molar-refractivity contribution in [2.45, 2.75) is 25.9 Å². The van der Waals surface area contributed by atoms with Gasteiger partial charge in [-0.3, -0.25) is 0 Å². The molecule has 0 fully saturated rings. The lowest BCUT2D eigenvalue weighted by Gasteiger charge is -2.22. The normalized spacial score (nSPS) is 15.1. The van der Waals surface area contributed by atoms with Crippen LogP contribution in [0.3, 0.4) is 0 Å². The molecular formula is C12H20ClN3. The highest BCUT2D eigenvalue weighted by Gasteiger charge is 2.08. The van der Waals surface area contributed by atoms with Gasteiger partial charge in [0.05, 0.1) is 0 Å². The first kappa shape index (κ1) is 13.4. The summed E-state index contributed by atoms with van der Waals surface area (Å²) in [5.41, 5.74) is 1.16. The van der Waals surface area contributed by atoms with Crippen molar-refractivity contribution in [1.29, 1.82) is 0 Å². The quantitative estimate of drug-likeness (QED) is 0.803. The maximum Gasteiger partial charge on any atom is 0.129 e. The summed E-state index contributed by atoms with van der Waals surface area (Å²) in [6, 6.07) is 4.65. The van der Waals surface area contributed by atoms with E-state index in [4.69, 9.17) is 11.6 Å². The summed E-state index contributed by atoms with van der Waals surface area (Å²) in [6.45, 7) is 5.28. The van der Waals surface area contributed by atoms with Gasteiger partial charge >= 0.3 is 0 Å². The highest BCUT2D eigenvalue weighted by Crippen LogP contribution is 2.13. The van der Waals surface area contributed by atoms with Crippen molar-refractivity contribution in [3.05, 3.63) is 29.0 Å². The number of nitrogens with one attached hydrogen (secondary N) is 1. The summed E-state index contributed by atoms with van der Waals surface area (Å²) in [6.07, 6.45) is 1.82. The molecule has 0 spiro atoms. The van der Waals surface area contributed by atoms with Gasteiger partial charge in [0.1, 0.15) is 5.15 Å². The predicted molar refractivity (Wildman–Crippen MR) is 68.8 cm³/mol. The first-order valence-corrected chi connectivity index (χ1v) is 5.89. The molecule has 0 bridgehead atoms. The number of hydrogen-bond acceptors (Lipinski definition) is 3. The van der Waals surface area contributed by atoms with Crippen molar-refractivity contribution in [2.24, 2.45) is 0 Å². The van der Waals surface area contributed by atoms with Gasteiger partial charge in [0, 0.05) is 24.8 Å². The molecule has 2 unspecified atom stereocenters. The van der Waals surface area contributed by atoms with Gasteiger partial charge in [-0.25, -0.2) is 4.98 Å². The van der Waals surface area contributed by atoms with Crippen LogP contribution < -0.4 is 5.32 Å². The zero-order valence-electron chi connectivity index (χ0n) is 10.4. The van der Waals surface area contributed by atoms with Gasteiger partial charge in [-0.15, -0.1) is 0 Å². The van der Waals surface area contributed by atoms with E-state index in [-0.39, 0.29) is 0 Å². The molecule has 0 aliphatic rings. The van der Waals surface area contributed by atoms with Crippen LogP contribution in [0.25, 0.3) is 0 Å². The molecule has 0 saturated heterocycles. The second-order valence-corrected chi connectivity index (χ2v) is 4.74. The van der Waals surface area contributed by atoms with Crippen molar-refractivity contribution in [3.8, 4) is 0 Å². The van der Waals surface area contributed by atoms with E-state index in [9.17, 15) is 0 Å². The Morgan fingerprint density at radius 1 is 1.38 bits per heavy atom. The molecule has 0 aliphatic heterocycles. The van der Waals surface area contributed by atoms with Gasteiger partial charge in [-0.1, -0.05) is 17.7 Å². The highest BCUT2D eigenvalue weighted by atomic mass is 35.5. The van der Waals surface area contributed by atoms with Crippen LogP contribution in [0.4, 0.5) is 0 Å². The van der Waals surface area contributed by atoms with Gasteiger partial charge in [0.15, 0.2) is 0 Å². The van der Waals surface area contributed by atoms with Crippen molar-refractivity contribution in [1.82, 2.24) is 15.2 Å². The second kappa shape index (κ2) is 6.18. The standard InChI is InChI=1S/C12H20ClN3/c1-9(16(3)4)7-14-10(2)11-5-6-12(13)15-8-11/h5-6,8-10,14H,7H2,1-4H3. The summed E-state index contributed by atoms with van der Waals surface area (Å²) in [5, 5.41) is 4.01. The third-order valence-corrected chi connectivity index (χ3v) is 3.07. The lowest BCUT2D eigenvalue weighted by atomic mass is 10.1. The average Bonchev–Trinajstić information content (AvgIpc) is 2.26. The topological polar surface area (TPSA) is 28.2 Å². The van der Waals surface area contributed by atoms with E-state index in [1.54, 1.807) is 0 Å². The second-order valence-electron chi connectivity index (χ2n) is 4.36. The van der Waals surface area contributed by atoms with Crippen molar-refractivity contribution >= 4 is 11.6 Å². The first-order chi connectivity index (χ1) is 7.50. The van der Waals surface area contributed by atoms with E-state index < -0.39 is 0 Å². The Balaban J connectivity index is 2.46. The fourth-order valence-electron chi connectivity index (χ4n) is 1.29. The number of nitrogens with zero attached hydrogens (tertiary/aromatic N) is 2. The van der Waals surface area contributed by atoms with E-state index in [1.165, 1.54) is 0 Å². The number of pyridine rings is 1. The Bertz CT molecular complexity index is 311. The summed E-state index contributed by atoms with van der Waals surface area (Å²) in [7, 11) is 4.17. The number of rotatable bonds is 5. The van der Waals surface area contributed by atoms with E-state index >= 15 is 0 Å². The molecule has 90 valence electrons. The Labute approximate surface area is 103 Å². The van der Waals surface area contributed by atoms with Crippen LogP contribution in [-0.2, 0) is 0 Å². The molecule has 0 saturated carbocycles. The van der Waals surface area contributed by atoms with Crippen LogP contribution in [0, 0.1) is 0 Å². The van der Waals surface area contributed by atoms with Crippen molar-refractivity contribution in [3.63, 3.8) is 0 Å². The summed E-state index contributed by atoms with van der Waals surface area (Å²) >= 11 is 5.75. The fraction of sp³-hybridized carbons (Fsp3) is 0.583. The number of halogens is 1. The molecule has 4 heteroatoms. The molecule has 0 aliphatic carbocycles. The molecule has 0 radical (unpaired) electrons. The van der Waals surface area contributed by atoms with E-state index in [2.05, 4.69) is 43.1 Å². The number of likely N-dealkylation sites (N-methyl/N-ethyl adjacent to an activating group) is 1. The lowest BCUT2D eigenvalue weighted by Crippen LogP contribution is -2.36. The summed E-state index contributed by atoms with van der Waals surface area (Å²) in [5.74, 6) is 0. The van der Waals surface area contributed by atoms with Crippen LogP contribution in [0.15, 0.2) is 18.3 Å². The van der Waals surface area contributed by atoms with Crippen molar-refractivity contribution in [2.75, 3.05) is 20.6 Å². The Morgan fingerprint density at radius 3 is 2.56 bits per heavy atom. The Hall–Kier alpha value is -0.640. The highest BCUT2D eigenvalue weighted by molar-refractivity contribution is 6.29. The van der Waals surface area contributed by atoms with Gasteiger partial charge in [0.2, 0.25) is 0 Å². The molecule has 1 heterocycles. The zero-order valence-corrected chi connectivity index (χ0v) is 11.1. The van der Waals surface area contributed by atoms with Crippen LogP contribution >= 0.6 is 11.6 Å². The summed E-state index contributed by atoms with van der Waals surface area (Å²) in [4.78, 5) is 6.27. The Kier molecular flexibility index (Phi) is 5.19. The minimum atomic E-state index is 0.298. The molecule has 1 aromatic rings.